The molecule has 0 bridgehead atoms. The van der Waals surface area contributed by atoms with E-state index in [1.807, 2.05) is 32.9 Å². The highest BCUT2D eigenvalue weighted by molar-refractivity contribution is 5.89. The highest BCUT2D eigenvalue weighted by atomic mass is 16.6. The molecule has 1 saturated carbocycles. The van der Waals surface area contributed by atoms with Gasteiger partial charge in [0.2, 0.25) is 6.41 Å². The second kappa shape index (κ2) is 6.42. The van der Waals surface area contributed by atoms with Crippen LogP contribution in [0.15, 0.2) is 18.3 Å². The number of nitrogens with zero attached hydrogens (tertiary/aromatic N) is 3. The van der Waals surface area contributed by atoms with Crippen LogP contribution in [0, 0.1) is 0 Å². The first-order valence-corrected chi connectivity index (χ1v) is 8.59. The van der Waals surface area contributed by atoms with E-state index in [0.717, 1.165) is 44.2 Å². The number of rotatable bonds is 4. The molecule has 6 nitrogen and oxygen atoms in total. The average Bonchev–Trinajstić information content (AvgIpc) is 3.22. The van der Waals surface area contributed by atoms with E-state index in [1.165, 1.54) is 0 Å². The second-order valence-corrected chi connectivity index (χ2v) is 7.50. The van der Waals surface area contributed by atoms with E-state index in [2.05, 4.69) is 4.98 Å². The van der Waals surface area contributed by atoms with Gasteiger partial charge in [-0.05, 0) is 52.5 Å². The first-order chi connectivity index (χ1) is 11.4. The van der Waals surface area contributed by atoms with Crippen LogP contribution in [0.25, 0.3) is 0 Å². The van der Waals surface area contributed by atoms with Gasteiger partial charge >= 0.3 is 6.09 Å². The van der Waals surface area contributed by atoms with E-state index in [9.17, 15) is 9.59 Å². The molecule has 0 unspecified atom stereocenters. The molecule has 1 atom stereocenters. The van der Waals surface area contributed by atoms with Crippen molar-refractivity contribution >= 4 is 18.3 Å². The van der Waals surface area contributed by atoms with Crippen molar-refractivity contribution in [2.45, 2.75) is 64.1 Å². The van der Waals surface area contributed by atoms with Gasteiger partial charge in [0.1, 0.15) is 11.4 Å². The summed E-state index contributed by atoms with van der Waals surface area (Å²) < 4.78 is 5.59. The van der Waals surface area contributed by atoms with Crippen molar-refractivity contribution in [3.05, 3.63) is 23.9 Å². The van der Waals surface area contributed by atoms with Crippen molar-refractivity contribution in [1.29, 1.82) is 0 Å². The first-order valence-electron chi connectivity index (χ1n) is 8.59. The molecule has 1 aromatic heterocycles. The number of ether oxygens (including phenoxy) is 1. The molecule has 2 aliphatic rings. The Labute approximate surface area is 142 Å². The summed E-state index contributed by atoms with van der Waals surface area (Å²) in [6, 6.07) is 3.95. The largest absolute Gasteiger partial charge is 0.443 e. The van der Waals surface area contributed by atoms with Gasteiger partial charge in [0.25, 0.3) is 0 Å². The summed E-state index contributed by atoms with van der Waals surface area (Å²) in [5, 5.41) is 0. The third-order valence-corrected chi connectivity index (χ3v) is 4.34. The summed E-state index contributed by atoms with van der Waals surface area (Å²) in [6.07, 6.45) is 6.00. The van der Waals surface area contributed by atoms with E-state index in [4.69, 9.17) is 4.74 Å². The molecule has 2 amide bonds. The van der Waals surface area contributed by atoms with Crippen LogP contribution in [-0.4, -0.2) is 40.6 Å². The van der Waals surface area contributed by atoms with Crippen LogP contribution in [0.1, 0.15) is 58.1 Å². The topological polar surface area (TPSA) is 62.7 Å². The minimum absolute atomic E-state index is 0.0186. The van der Waals surface area contributed by atoms with Gasteiger partial charge in [0, 0.05) is 24.3 Å². The lowest BCUT2D eigenvalue weighted by molar-refractivity contribution is -0.118. The van der Waals surface area contributed by atoms with Gasteiger partial charge in [-0.25, -0.2) is 9.78 Å². The third kappa shape index (κ3) is 3.52. The highest BCUT2D eigenvalue weighted by Gasteiger charge is 2.40. The van der Waals surface area contributed by atoms with Crippen molar-refractivity contribution in [2.24, 2.45) is 0 Å². The van der Waals surface area contributed by atoms with Crippen LogP contribution in [0.5, 0.6) is 0 Å². The maximum Gasteiger partial charge on any atom is 0.416 e. The number of hydrogen-bond donors (Lipinski definition) is 0. The zero-order valence-corrected chi connectivity index (χ0v) is 14.6. The lowest BCUT2D eigenvalue weighted by atomic mass is 10.1. The van der Waals surface area contributed by atoms with E-state index >= 15 is 0 Å². The van der Waals surface area contributed by atoms with Crippen molar-refractivity contribution in [2.75, 3.05) is 11.4 Å². The first kappa shape index (κ1) is 16.7. The summed E-state index contributed by atoms with van der Waals surface area (Å²) in [5.74, 6) is 0.632. The Morgan fingerprint density at radius 3 is 2.75 bits per heavy atom. The molecule has 2 heterocycles. The molecule has 1 saturated heterocycles. The van der Waals surface area contributed by atoms with Crippen molar-refractivity contribution < 1.29 is 14.3 Å². The number of carbonyl (C=O) groups is 2. The fourth-order valence-corrected chi connectivity index (χ4v) is 3.17. The smallest absolute Gasteiger partial charge is 0.416 e. The number of hydrogen-bond acceptors (Lipinski definition) is 4. The number of amides is 2. The predicted molar refractivity (Wildman–Crippen MR) is 90.7 cm³/mol. The fourth-order valence-electron chi connectivity index (χ4n) is 3.17. The molecular weight excluding hydrogens is 306 g/mol. The molecule has 0 aromatic carbocycles. The molecule has 130 valence electrons. The van der Waals surface area contributed by atoms with Gasteiger partial charge in [-0.1, -0.05) is 6.07 Å². The summed E-state index contributed by atoms with van der Waals surface area (Å²) in [5.41, 5.74) is 0.376. The van der Waals surface area contributed by atoms with E-state index < -0.39 is 5.60 Å². The van der Waals surface area contributed by atoms with Crippen molar-refractivity contribution in [3.8, 4) is 0 Å². The quantitative estimate of drug-likeness (QED) is 0.794. The maximum atomic E-state index is 12.7. The molecule has 0 radical (unpaired) electrons. The van der Waals surface area contributed by atoms with Crippen LogP contribution in [0.3, 0.4) is 0 Å². The Bertz CT molecular complexity index is 622. The van der Waals surface area contributed by atoms with Crippen LogP contribution >= 0.6 is 0 Å². The minimum atomic E-state index is -0.554. The van der Waals surface area contributed by atoms with Crippen LogP contribution in [0.4, 0.5) is 10.6 Å². The normalized spacial score (nSPS) is 20.8. The molecule has 3 rings (SSSR count). The van der Waals surface area contributed by atoms with Gasteiger partial charge in [-0.2, -0.15) is 0 Å². The molecule has 0 spiro atoms. The summed E-state index contributed by atoms with van der Waals surface area (Å²) >= 11 is 0. The summed E-state index contributed by atoms with van der Waals surface area (Å²) in [7, 11) is 0. The van der Waals surface area contributed by atoms with Gasteiger partial charge < -0.3 is 9.64 Å². The monoisotopic (exact) mass is 331 g/mol. The molecule has 6 heteroatoms. The van der Waals surface area contributed by atoms with Crippen LogP contribution in [-0.2, 0) is 9.53 Å². The van der Waals surface area contributed by atoms with Crippen molar-refractivity contribution in [3.63, 3.8) is 0 Å². The summed E-state index contributed by atoms with van der Waals surface area (Å²) in [4.78, 5) is 32.0. The Morgan fingerprint density at radius 2 is 2.12 bits per heavy atom. The second-order valence-electron chi connectivity index (χ2n) is 7.50. The molecule has 24 heavy (non-hydrogen) atoms. The van der Waals surface area contributed by atoms with E-state index in [-0.39, 0.29) is 18.2 Å². The Kier molecular flexibility index (Phi) is 4.47. The van der Waals surface area contributed by atoms with E-state index in [0.29, 0.717) is 5.82 Å². The maximum absolute atomic E-state index is 12.7. The number of likely N-dealkylation sites (tertiary alicyclic amines) is 1. The zero-order chi connectivity index (χ0) is 17.3. The van der Waals surface area contributed by atoms with Crippen LogP contribution in [0.2, 0.25) is 0 Å². The molecule has 1 aliphatic carbocycles. The Morgan fingerprint density at radius 1 is 1.38 bits per heavy atom. The van der Waals surface area contributed by atoms with Crippen molar-refractivity contribution in [1.82, 2.24) is 9.88 Å². The molecule has 0 N–H and O–H groups in total. The van der Waals surface area contributed by atoms with Crippen LogP contribution < -0.4 is 4.90 Å². The standard InChI is InChI=1S/C18H25N3O3/c1-18(2,3)24-17(23)21(13-8-9-13)16-14(6-4-10-19-16)15-7-5-11-20(15)12-22/h4,6,10,12-13,15H,5,7-9,11H2,1-3H3/t15-/m0/s1. The highest BCUT2D eigenvalue weighted by Crippen LogP contribution is 2.39. The third-order valence-electron chi connectivity index (χ3n) is 4.34. The zero-order valence-electron chi connectivity index (χ0n) is 14.6. The number of carbonyl (C=O) groups excluding carboxylic acids is 2. The fraction of sp³-hybridized carbons (Fsp3) is 0.611. The Hall–Kier alpha value is -2.11. The molecule has 1 aromatic rings. The minimum Gasteiger partial charge on any atom is -0.443 e. The number of anilines is 1. The lowest BCUT2D eigenvalue weighted by Crippen LogP contribution is -2.40. The number of pyridine rings is 1. The van der Waals surface area contributed by atoms with E-state index in [1.54, 1.807) is 16.0 Å². The molecule has 1 aliphatic heterocycles. The Balaban J connectivity index is 1.94. The number of aromatic nitrogens is 1. The van der Waals surface area contributed by atoms with Gasteiger partial charge in [-0.15, -0.1) is 0 Å². The lowest BCUT2D eigenvalue weighted by Gasteiger charge is -2.30. The van der Waals surface area contributed by atoms with Gasteiger partial charge in [0.15, 0.2) is 0 Å². The average molecular weight is 331 g/mol. The van der Waals surface area contributed by atoms with Gasteiger partial charge in [-0.3, -0.25) is 9.69 Å². The summed E-state index contributed by atoms with van der Waals surface area (Å²) in [6.45, 7) is 6.33. The molecule has 2 fully saturated rings. The predicted octanol–water partition coefficient (Wildman–Crippen LogP) is 3.28. The van der Waals surface area contributed by atoms with Gasteiger partial charge in [0.05, 0.1) is 6.04 Å². The SMILES string of the molecule is CC(C)(C)OC(=O)N(c1ncccc1[C@@H]1CCCN1C=O)C1CC1. The molecular formula is C18H25N3O3.